The highest BCUT2D eigenvalue weighted by atomic mass is 35.5. The number of benzene rings is 3. The van der Waals surface area contributed by atoms with Gasteiger partial charge in [-0.1, -0.05) is 48.5 Å². The lowest BCUT2D eigenvalue weighted by atomic mass is 10.1. The molecule has 3 aromatic carbocycles. The van der Waals surface area contributed by atoms with Crippen LogP contribution in [-0.4, -0.2) is 18.0 Å². The van der Waals surface area contributed by atoms with Crippen molar-refractivity contribution in [2.45, 2.75) is 6.54 Å². The number of nitrogens with zero attached hydrogens (tertiary/aromatic N) is 1. The van der Waals surface area contributed by atoms with Crippen LogP contribution in [0.4, 0.5) is 5.69 Å². The van der Waals surface area contributed by atoms with Gasteiger partial charge in [0.05, 0.1) is 34.7 Å². The van der Waals surface area contributed by atoms with E-state index in [1.165, 1.54) is 7.11 Å². The summed E-state index contributed by atoms with van der Waals surface area (Å²) in [5, 5.41) is 7.46. The number of methoxy groups -OCH3 is 1. The van der Waals surface area contributed by atoms with Gasteiger partial charge in [0, 0.05) is 30.3 Å². The van der Waals surface area contributed by atoms with Gasteiger partial charge in [0.25, 0.3) is 5.91 Å². The highest BCUT2D eigenvalue weighted by Crippen LogP contribution is 2.35. The largest absolute Gasteiger partial charge is 0.496 e. The molecule has 0 aliphatic carbocycles. The SMILES string of the molecule is C=C(NCc1ccccc1)Nc1ccc(Oc2ccnc3cc(OC)c(C(N)=O)cc23)cc1Cl. The van der Waals surface area contributed by atoms with Gasteiger partial charge in [-0.2, -0.15) is 0 Å². The molecule has 0 aliphatic rings. The van der Waals surface area contributed by atoms with E-state index < -0.39 is 5.91 Å². The summed E-state index contributed by atoms with van der Waals surface area (Å²) < 4.78 is 11.3. The molecule has 1 amide bonds. The molecule has 172 valence electrons. The van der Waals surface area contributed by atoms with Gasteiger partial charge in [0.15, 0.2) is 0 Å². The molecule has 1 aromatic heterocycles. The number of hydrogen-bond donors (Lipinski definition) is 3. The summed E-state index contributed by atoms with van der Waals surface area (Å²) >= 11 is 6.48. The first-order valence-corrected chi connectivity index (χ1v) is 10.8. The second-order valence-corrected chi connectivity index (χ2v) is 7.84. The van der Waals surface area contributed by atoms with Gasteiger partial charge >= 0.3 is 0 Å². The molecule has 0 saturated carbocycles. The van der Waals surface area contributed by atoms with E-state index in [1.54, 1.807) is 42.6 Å². The lowest BCUT2D eigenvalue weighted by Gasteiger charge is -2.15. The molecule has 0 fully saturated rings. The van der Waals surface area contributed by atoms with Gasteiger partial charge < -0.3 is 25.8 Å². The van der Waals surface area contributed by atoms with Crippen molar-refractivity contribution in [1.29, 1.82) is 0 Å². The minimum absolute atomic E-state index is 0.243. The molecular formula is C26H23ClN4O3. The minimum Gasteiger partial charge on any atom is -0.496 e. The lowest BCUT2D eigenvalue weighted by molar-refractivity contribution is 0.0997. The van der Waals surface area contributed by atoms with Gasteiger partial charge in [-0.3, -0.25) is 9.78 Å². The second-order valence-electron chi connectivity index (χ2n) is 7.43. The van der Waals surface area contributed by atoms with Crippen molar-refractivity contribution < 1.29 is 14.3 Å². The van der Waals surface area contributed by atoms with E-state index in [1.807, 2.05) is 30.3 Å². The number of anilines is 1. The van der Waals surface area contributed by atoms with Crippen LogP contribution < -0.4 is 25.8 Å². The Morgan fingerprint density at radius 1 is 1.09 bits per heavy atom. The predicted molar refractivity (Wildman–Crippen MR) is 134 cm³/mol. The summed E-state index contributed by atoms with van der Waals surface area (Å²) in [5.41, 5.74) is 8.16. The fourth-order valence-corrected chi connectivity index (χ4v) is 3.62. The Morgan fingerprint density at radius 3 is 2.59 bits per heavy atom. The first kappa shape index (κ1) is 22.9. The zero-order valence-electron chi connectivity index (χ0n) is 18.5. The fourth-order valence-electron chi connectivity index (χ4n) is 3.40. The number of ether oxygens (including phenoxy) is 2. The molecule has 0 aliphatic heterocycles. The minimum atomic E-state index is -0.604. The van der Waals surface area contributed by atoms with Gasteiger partial charge in [-0.25, -0.2) is 0 Å². The average Bonchev–Trinajstić information content (AvgIpc) is 2.84. The number of pyridine rings is 1. The van der Waals surface area contributed by atoms with Crippen molar-refractivity contribution in [2.75, 3.05) is 12.4 Å². The molecule has 0 bridgehead atoms. The summed E-state index contributed by atoms with van der Waals surface area (Å²) in [6, 6.07) is 20.2. The van der Waals surface area contributed by atoms with Crippen LogP contribution in [0.15, 0.2) is 85.3 Å². The molecule has 0 atom stereocenters. The quantitative estimate of drug-likeness (QED) is 0.298. The molecule has 1 heterocycles. The standard InChI is InChI=1S/C26H23ClN4O3/c1-16(30-15-17-6-4-3-5-7-17)31-22-9-8-18(12-21(22)27)34-24-10-11-29-23-14-25(33-2)20(26(28)32)13-19(23)24/h3-14,30-31H,1,15H2,2H3,(H2,28,32). The number of nitrogens with one attached hydrogen (secondary N) is 2. The average molecular weight is 475 g/mol. The number of halogens is 1. The van der Waals surface area contributed by atoms with Gasteiger partial charge in [-0.05, 0) is 29.8 Å². The first-order chi connectivity index (χ1) is 16.4. The number of nitrogens with two attached hydrogens (primary N) is 1. The molecule has 0 saturated heterocycles. The third kappa shape index (κ3) is 5.22. The van der Waals surface area contributed by atoms with Crippen molar-refractivity contribution in [1.82, 2.24) is 10.3 Å². The van der Waals surface area contributed by atoms with Crippen molar-refractivity contribution in [2.24, 2.45) is 5.73 Å². The maximum atomic E-state index is 11.8. The van der Waals surface area contributed by atoms with E-state index in [2.05, 4.69) is 22.2 Å². The third-order valence-corrected chi connectivity index (χ3v) is 5.40. The Kier molecular flexibility index (Phi) is 6.85. The number of amides is 1. The number of carbonyl (C=O) groups excluding carboxylic acids is 1. The van der Waals surface area contributed by atoms with E-state index in [9.17, 15) is 4.79 Å². The Balaban J connectivity index is 1.50. The molecular weight excluding hydrogens is 452 g/mol. The van der Waals surface area contributed by atoms with Crippen molar-refractivity contribution in [3.8, 4) is 17.2 Å². The maximum absolute atomic E-state index is 11.8. The van der Waals surface area contributed by atoms with E-state index in [0.29, 0.717) is 51.2 Å². The summed E-state index contributed by atoms with van der Waals surface area (Å²) in [7, 11) is 1.47. The summed E-state index contributed by atoms with van der Waals surface area (Å²) in [4.78, 5) is 16.2. The lowest BCUT2D eigenvalue weighted by Crippen LogP contribution is -2.18. The fraction of sp³-hybridized carbons (Fsp3) is 0.0769. The number of rotatable bonds is 9. The number of fused-ring (bicyclic) bond motifs is 1. The van der Waals surface area contributed by atoms with Crippen LogP contribution in [0, 0.1) is 0 Å². The monoisotopic (exact) mass is 474 g/mol. The Labute approximate surface area is 202 Å². The van der Waals surface area contributed by atoms with Crippen LogP contribution in [0.5, 0.6) is 17.2 Å². The molecule has 0 radical (unpaired) electrons. The van der Waals surface area contributed by atoms with Crippen LogP contribution in [0.2, 0.25) is 5.02 Å². The summed E-state index contributed by atoms with van der Waals surface area (Å²) in [5.74, 6) is 1.38. The maximum Gasteiger partial charge on any atom is 0.252 e. The third-order valence-electron chi connectivity index (χ3n) is 5.09. The zero-order valence-corrected chi connectivity index (χ0v) is 19.2. The number of aromatic nitrogens is 1. The summed E-state index contributed by atoms with van der Waals surface area (Å²) in [6.45, 7) is 4.64. The second kappa shape index (κ2) is 10.1. The Morgan fingerprint density at radius 2 is 1.88 bits per heavy atom. The molecule has 8 heteroatoms. The highest BCUT2D eigenvalue weighted by molar-refractivity contribution is 6.33. The van der Waals surface area contributed by atoms with Crippen molar-refractivity contribution in [3.05, 3.63) is 101 Å². The number of carbonyl (C=O) groups is 1. The van der Waals surface area contributed by atoms with Crippen LogP contribution in [0.25, 0.3) is 10.9 Å². The zero-order chi connectivity index (χ0) is 24.1. The van der Waals surface area contributed by atoms with Crippen molar-refractivity contribution >= 4 is 34.1 Å². The smallest absolute Gasteiger partial charge is 0.252 e. The van der Waals surface area contributed by atoms with E-state index in [-0.39, 0.29) is 5.56 Å². The molecule has 4 rings (SSSR count). The predicted octanol–water partition coefficient (Wildman–Crippen LogP) is 5.46. The van der Waals surface area contributed by atoms with E-state index in [4.69, 9.17) is 26.8 Å². The van der Waals surface area contributed by atoms with Gasteiger partial charge in [0.1, 0.15) is 17.2 Å². The van der Waals surface area contributed by atoms with Crippen LogP contribution in [0.3, 0.4) is 0 Å². The van der Waals surface area contributed by atoms with Crippen LogP contribution in [-0.2, 0) is 6.54 Å². The molecule has 0 unspecified atom stereocenters. The summed E-state index contributed by atoms with van der Waals surface area (Å²) in [6.07, 6.45) is 1.61. The molecule has 0 spiro atoms. The molecule has 4 aromatic rings. The van der Waals surface area contributed by atoms with Crippen molar-refractivity contribution in [3.63, 3.8) is 0 Å². The first-order valence-electron chi connectivity index (χ1n) is 10.4. The Bertz CT molecular complexity index is 1360. The molecule has 4 N–H and O–H groups in total. The highest BCUT2D eigenvalue weighted by Gasteiger charge is 2.15. The van der Waals surface area contributed by atoms with Crippen LogP contribution in [0.1, 0.15) is 15.9 Å². The molecule has 7 nitrogen and oxygen atoms in total. The van der Waals surface area contributed by atoms with Gasteiger partial charge in [-0.15, -0.1) is 0 Å². The number of primary amides is 1. The Hall–Kier alpha value is -4.23. The normalized spacial score (nSPS) is 10.5. The topological polar surface area (TPSA) is 98.5 Å². The van der Waals surface area contributed by atoms with Crippen LogP contribution >= 0.6 is 11.6 Å². The molecule has 34 heavy (non-hydrogen) atoms. The number of hydrogen-bond acceptors (Lipinski definition) is 6. The van der Waals surface area contributed by atoms with E-state index in [0.717, 1.165) is 5.56 Å². The van der Waals surface area contributed by atoms with Gasteiger partial charge in [0.2, 0.25) is 0 Å². The van der Waals surface area contributed by atoms with E-state index >= 15 is 0 Å².